The van der Waals surface area contributed by atoms with E-state index in [0.29, 0.717) is 16.8 Å². The second-order valence-corrected chi connectivity index (χ2v) is 6.40. The maximum Gasteiger partial charge on any atom is 0.255 e. The highest BCUT2D eigenvalue weighted by atomic mass is 16.2. The molecule has 2 amide bonds. The zero-order valence-electron chi connectivity index (χ0n) is 15.4. The fourth-order valence-electron chi connectivity index (χ4n) is 2.82. The smallest absolute Gasteiger partial charge is 0.255 e. The van der Waals surface area contributed by atoms with Crippen LogP contribution in [-0.2, 0) is 0 Å². The molecule has 0 saturated carbocycles. The summed E-state index contributed by atoms with van der Waals surface area (Å²) in [6, 6.07) is 25.9. The van der Waals surface area contributed by atoms with Gasteiger partial charge in [-0.15, -0.1) is 0 Å². The summed E-state index contributed by atoms with van der Waals surface area (Å²) >= 11 is 0. The molecule has 0 aromatic heterocycles. The Morgan fingerprint density at radius 3 is 1.93 bits per heavy atom. The first-order valence-electron chi connectivity index (χ1n) is 8.85. The van der Waals surface area contributed by atoms with Crippen molar-refractivity contribution in [2.75, 3.05) is 12.4 Å². The van der Waals surface area contributed by atoms with Crippen molar-refractivity contribution in [1.29, 1.82) is 0 Å². The molecule has 3 aromatic rings. The molecule has 0 bridgehead atoms. The Morgan fingerprint density at radius 1 is 0.778 bits per heavy atom. The molecule has 0 heterocycles. The predicted octanol–water partition coefficient (Wildman–Crippen LogP) is 4.77. The third kappa shape index (κ3) is 4.42. The number of anilines is 1. The molecule has 0 spiro atoms. The van der Waals surface area contributed by atoms with Crippen LogP contribution in [0.3, 0.4) is 0 Å². The third-order valence-electron chi connectivity index (χ3n) is 4.61. The Balaban J connectivity index is 1.67. The Bertz CT molecular complexity index is 906. The topological polar surface area (TPSA) is 49.4 Å². The van der Waals surface area contributed by atoms with Crippen LogP contribution in [-0.4, -0.2) is 23.8 Å². The van der Waals surface area contributed by atoms with Crippen molar-refractivity contribution in [2.24, 2.45) is 0 Å². The van der Waals surface area contributed by atoms with Crippen LogP contribution >= 0.6 is 0 Å². The fraction of sp³-hybridized carbons (Fsp3) is 0.130. The largest absolute Gasteiger partial charge is 0.335 e. The van der Waals surface area contributed by atoms with Crippen molar-refractivity contribution >= 4 is 17.5 Å². The summed E-state index contributed by atoms with van der Waals surface area (Å²) in [4.78, 5) is 26.7. The molecule has 0 unspecified atom stereocenters. The van der Waals surface area contributed by atoms with Gasteiger partial charge >= 0.3 is 0 Å². The van der Waals surface area contributed by atoms with E-state index in [1.54, 1.807) is 48.3 Å². The molecule has 4 heteroatoms. The molecule has 1 N–H and O–H groups in total. The van der Waals surface area contributed by atoms with Crippen molar-refractivity contribution in [3.8, 4) is 0 Å². The van der Waals surface area contributed by atoms with Crippen molar-refractivity contribution < 1.29 is 9.59 Å². The highest BCUT2D eigenvalue weighted by Crippen LogP contribution is 2.21. The standard InChI is InChI=1S/C23H22N2O2/c1-17(18-9-5-3-6-10-18)25(2)23(27)20-13-15-21(16-14-20)24-22(26)19-11-7-4-8-12-19/h3-17H,1-2H3,(H,24,26)/t17-/m1/s1. The predicted molar refractivity (Wildman–Crippen MR) is 108 cm³/mol. The van der Waals surface area contributed by atoms with E-state index < -0.39 is 0 Å². The van der Waals surface area contributed by atoms with Crippen molar-refractivity contribution in [2.45, 2.75) is 13.0 Å². The van der Waals surface area contributed by atoms with Crippen LogP contribution in [0.15, 0.2) is 84.9 Å². The average Bonchev–Trinajstić information content (AvgIpc) is 2.74. The zero-order valence-corrected chi connectivity index (χ0v) is 15.4. The summed E-state index contributed by atoms with van der Waals surface area (Å²) in [6.07, 6.45) is 0. The van der Waals surface area contributed by atoms with E-state index in [9.17, 15) is 9.59 Å². The van der Waals surface area contributed by atoms with E-state index in [4.69, 9.17) is 0 Å². The van der Waals surface area contributed by atoms with Crippen molar-refractivity contribution in [3.63, 3.8) is 0 Å². The van der Waals surface area contributed by atoms with Crippen LogP contribution in [0.25, 0.3) is 0 Å². The maximum absolute atomic E-state index is 12.8. The summed E-state index contributed by atoms with van der Waals surface area (Å²) in [5.74, 6) is -0.239. The van der Waals surface area contributed by atoms with Gasteiger partial charge in [0.15, 0.2) is 0 Å². The molecule has 0 saturated heterocycles. The Hall–Kier alpha value is -3.40. The molecule has 136 valence electrons. The second-order valence-electron chi connectivity index (χ2n) is 6.40. The highest BCUT2D eigenvalue weighted by Gasteiger charge is 2.18. The molecule has 0 fully saturated rings. The summed E-state index contributed by atoms with van der Waals surface area (Å²) in [5, 5.41) is 2.84. The van der Waals surface area contributed by atoms with E-state index in [2.05, 4.69) is 5.32 Å². The summed E-state index contributed by atoms with van der Waals surface area (Å²) in [5.41, 5.74) is 2.91. The minimum atomic E-state index is -0.176. The van der Waals surface area contributed by atoms with Crippen LogP contribution < -0.4 is 5.32 Å². The van der Waals surface area contributed by atoms with E-state index in [1.807, 2.05) is 55.5 Å². The highest BCUT2D eigenvalue weighted by molar-refractivity contribution is 6.04. The number of nitrogens with zero attached hydrogens (tertiary/aromatic N) is 1. The number of rotatable bonds is 5. The lowest BCUT2D eigenvalue weighted by Crippen LogP contribution is -2.29. The van der Waals surface area contributed by atoms with E-state index in [0.717, 1.165) is 5.56 Å². The first-order valence-corrected chi connectivity index (χ1v) is 8.85. The number of amides is 2. The maximum atomic E-state index is 12.8. The van der Waals surface area contributed by atoms with Crippen LogP contribution in [0.2, 0.25) is 0 Å². The second kappa shape index (κ2) is 8.32. The summed E-state index contributed by atoms with van der Waals surface area (Å²) in [6.45, 7) is 2.00. The zero-order chi connectivity index (χ0) is 19.2. The molecule has 1 atom stereocenters. The molecule has 3 aromatic carbocycles. The Kier molecular flexibility index (Phi) is 5.67. The molecular weight excluding hydrogens is 336 g/mol. The number of carbonyl (C=O) groups excluding carboxylic acids is 2. The lowest BCUT2D eigenvalue weighted by Gasteiger charge is -2.25. The number of carbonyl (C=O) groups is 2. The number of hydrogen-bond acceptors (Lipinski definition) is 2. The van der Waals surface area contributed by atoms with E-state index in [1.165, 1.54) is 0 Å². The van der Waals surface area contributed by atoms with Gasteiger partial charge in [0.1, 0.15) is 0 Å². The van der Waals surface area contributed by atoms with Gasteiger partial charge in [0, 0.05) is 23.9 Å². The SMILES string of the molecule is C[C@H](c1ccccc1)N(C)C(=O)c1ccc(NC(=O)c2ccccc2)cc1. The molecule has 0 radical (unpaired) electrons. The molecular formula is C23H22N2O2. The van der Waals surface area contributed by atoms with Gasteiger partial charge < -0.3 is 10.2 Å². The van der Waals surface area contributed by atoms with Gasteiger partial charge in [-0.25, -0.2) is 0 Å². The first kappa shape index (κ1) is 18.4. The van der Waals surface area contributed by atoms with Gasteiger partial charge in [0.05, 0.1) is 6.04 Å². The number of benzene rings is 3. The van der Waals surface area contributed by atoms with Crippen LogP contribution in [0.1, 0.15) is 39.2 Å². The molecule has 0 aliphatic carbocycles. The van der Waals surface area contributed by atoms with Crippen LogP contribution in [0.5, 0.6) is 0 Å². The molecule has 27 heavy (non-hydrogen) atoms. The van der Waals surface area contributed by atoms with Gasteiger partial charge in [-0.3, -0.25) is 9.59 Å². The average molecular weight is 358 g/mol. The minimum Gasteiger partial charge on any atom is -0.335 e. The van der Waals surface area contributed by atoms with Crippen molar-refractivity contribution in [3.05, 3.63) is 102 Å². The number of hydrogen-bond donors (Lipinski definition) is 1. The molecule has 3 rings (SSSR count). The molecule has 0 aliphatic rings. The Labute approximate surface area is 159 Å². The molecule has 0 aliphatic heterocycles. The summed E-state index contributed by atoms with van der Waals surface area (Å²) < 4.78 is 0. The minimum absolute atomic E-state index is 0.0313. The monoisotopic (exact) mass is 358 g/mol. The van der Waals surface area contributed by atoms with Crippen LogP contribution in [0, 0.1) is 0 Å². The van der Waals surface area contributed by atoms with Crippen LogP contribution in [0.4, 0.5) is 5.69 Å². The number of nitrogens with one attached hydrogen (secondary N) is 1. The van der Waals surface area contributed by atoms with Gasteiger partial charge in [-0.1, -0.05) is 48.5 Å². The lowest BCUT2D eigenvalue weighted by molar-refractivity contribution is 0.0742. The fourth-order valence-corrected chi connectivity index (χ4v) is 2.82. The Morgan fingerprint density at radius 2 is 1.33 bits per heavy atom. The third-order valence-corrected chi connectivity index (χ3v) is 4.61. The van der Waals surface area contributed by atoms with E-state index in [-0.39, 0.29) is 17.9 Å². The lowest BCUT2D eigenvalue weighted by atomic mass is 10.1. The molecule has 4 nitrogen and oxygen atoms in total. The van der Waals surface area contributed by atoms with Gasteiger partial charge in [0.2, 0.25) is 0 Å². The summed E-state index contributed by atoms with van der Waals surface area (Å²) in [7, 11) is 1.80. The normalized spacial score (nSPS) is 11.5. The van der Waals surface area contributed by atoms with Gasteiger partial charge in [-0.2, -0.15) is 0 Å². The quantitative estimate of drug-likeness (QED) is 0.714. The van der Waals surface area contributed by atoms with Crippen molar-refractivity contribution in [1.82, 2.24) is 4.90 Å². The van der Waals surface area contributed by atoms with Gasteiger partial charge in [-0.05, 0) is 48.9 Å². The van der Waals surface area contributed by atoms with Gasteiger partial charge in [0.25, 0.3) is 11.8 Å². The first-order chi connectivity index (χ1) is 13.1. The van der Waals surface area contributed by atoms with E-state index >= 15 is 0 Å².